The zero-order chi connectivity index (χ0) is 23.5. The van der Waals surface area contributed by atoms with Crippen LogP contribution < -0.4 is 10.1 Å². The Morgan fingerprint density at radius 2 is 1.75 bits per heavy atom. The highest BCUT2D eigenvalue weighted by atomic mass is 35.5. The van der Waals surface area contributed by atoms with Gasteiger partial charge in [0.05, 0.1) is 22.9 Å². The van der Waals surface area contributed by atoms with E-state index in [0.29, 0.717) is 28.8 Å². The van der Waals surface area contributed by atoms with Crippen LogP contribution in [0.3, 0.4) is 0 Å². The van der Waals surface area contributed by atoms with E-state index in [1.807, 2.05) is 44.2 Å². The zero-order valence-electron chi connectivity index (χ0n) is 18.7. The molecule has 0 aliphatic heterocycles. The van der Waals surface area contributed by atoms with Gasteiger partial charge in [-0.05, 0) is 48.2 Å². The number of hydrogen-bond donors (Lipinski definition) is 1. The number of hydrogen-bond acceptors (Lipinski definition) is 4. The molecule has 0 radical (unpaired) electrons. The Balaban J connectivity index is 2.12. The second kappa shape index (κ2) is 13.6. The monoisotopic (exact) mass is 496 g/mol. The van der Waals surface area contributed by atoms with Crippen molar-refractivity contribution in [3.8, 4) is 5.75 Å². The summed E-state index contributed by atoms with van der Waals surface area (Å²) in [4.78, 5) is 27.6. The van der Waals surface area contributed by atoms with E-state index in [2.05, 4.69) is 5.32 Å². The fraction of sp³-hybridized carbons (Fsp3) is 0.417. The highest BCUT2D eigenvalue weighted by Crippen LogP contribution is 2.25. The van der Waals surface area contributed by atoms with E-state index < -0.39 is 6.04 Å². The molecule has 8 heteroatoms. The van der Waals surface area contributed by atoms with E-state index in [4.69, 9.17) is 27.9 Å². The number of benzene rings is 2. The number of ether oxygens (including phenoxy) is 1. The molecule has 5 nitrogen and oxygen atoms in total. The number of amides is 2. The van der Waals surface area contributed by atoms with Gasteiger partial charge in [0.15, 0.2) is 0 Å². The van der Waals surface area contributed by atoms with Crippen molar-refractivity contribution in [2.75, 3.05) is 19.4 Å². The van der Waals surface area contributed by atoms with Gasteiger partial charge >= 0.3 is 0 Å². The number of nitrogens with zero attached hydrogens (tertiary/aromatic N) is 1. The third-order valence-electron chi connectivity index (χ3n) is 4.93. The third kappa shape index (κ3) is 7.91. The molecule has 0 spiro atoms. The van der Waals surface area contributed by atoms with Gasteiger partial charge in [0.1, 0.15) is 11.8 Å². The summed E-state index contributed by atoms with van der Waals surface area (Å²) in [5.74, 6) is 1.53. The molecular weight excluding hydrogens is 467 g/mol. The molecule has 0 bridgehead atoms. The number of thioether (sulfide) groups is 1. The smallest absolute Gasteiger partial charge is 0.242 e. The first-order valence-electron chi connectivity index (χ1n) is 10.6. The van der Waals surface area contributed by atoms with E-state index >= 15 is 0 Å². The number of carbonyl (C=O) groups is 2. The van der Waals surface area contributed by atoms with E-state index in [-0.39, 0.29) is 24.1 Å². The Kier molecular flexibility index (Phi) is 11.2. The molecule has 1 atom stereocenters. The molecule has 2 rings (SSSR count). The van der Waals surface area contributed by atoms with E-state index in [9.17, 15) is 9.59 Å². The molecule has 1 N–H and O–H groups in total. The first-order valence-corrected chi connectivity index (χ1v) is 12.5. The van der Waals surface area contributed by atoms with Gasteiger partial charge < -0.3 is 15.0 Å². The molecule has 32 heavy (non-hydrogen) atoms. The van der Waals surface area contributed by atoms with Crippen LogP contribution in [0.25, 0.3) is 0 Å². The molecule has 2 amide bonds. The largest absolute Gasteiger partial charge is 0.497 e. The summed E-state index contributed by atoms with van der Waals surface area (Å²) >= 11 is 13.7. The summed E-state index contributed by atoms with van der Waals surface area (Å²) in [5.41, 5.74) is 1.93. The summed E-state index contributed by atoms with van der Waals surface area (Å²) in [6.07, 6.45) is 1.35. The molecular formula is C24H30Cl2N2O3S. The first-order chi connectivity index (χ1) is 15.4. The molecule has 0 aliphatic carbocycles. The number of carbonyl (C=O) groups excluding carboxylic acids is 2. The molecule has 2 aromatic carbocycles. The minimum Gasteiger partial charge on any atom is -0.497 e. The summed E-state index contributed by atoms with van der Waals surface area (Å²) in [6, 6.07) is 12.5. The summed E-state index contributed by atoms with van der Waals surface area (Å²) in [6.45, 7) is 4.78. The van der Waals surface area contributed by atoms with Crippen LogP contribution in [0.15, 0.2) is 42.5 Å². The molecule has 174 valence electrons. The zero-order valence-corrected chi connectivity index (χ0v) is 21.0. The Morgan fingerprint density at radius 1 is 1.06 bits per heavy atom. The standard InChI is InChI=1S/C24H30Cl2N2O3S/c1-4-12-27-24(30)22(5-2)28(14-18-8-11-20(25)21(26)13-18)23(29)16-32-15-17-6-9-19(31-3)10-7-17/h6-11,13,22H,4-5,12,14-16H2,1-3H3,(H,27,30)/t22-/m0/s1. The maximum atomic E-state index is 13.2. The van der Waals surface area contributed by atoms with Gasteiger partial charge in [-0.1, -0.05) is 55.2 Å². The summed E-state index contributed by atoms with van der Waals surface area (Å²) < 4.78 is 5.18. The number of methoxy groups -OCH3 is 1. The van der Waals surface area contributed by atoms with Crippen LogP contribution in [-0.4, -0.2) is 42.2 Å². The molecule has 2 aromatic rings. The van der Waals surface area contributed by atoms with Crippen molar-refractivity contribution in [1.29, 1.82) is 0 Å². The van der Waals surface area contributed by atoms with Crippen molar-refractivity contribution in [2.24, 2.45) is 0 Å². The third-order valence-corrected chi connectivity index (χ3v) is 6.65. The second-order valence-corrected chi connectivity index (χ2v) is 9.13. The fourth-order valence-electron chi connectivity index (χ4n) is 3.18. The average molecular weight is 497 g/mol. The molecule has 0 saturated heterocycles. The van der Waals surface area contributed by atoms with Gasteiger partial charge in [0, 0.05) is 18.8 Å². The Morgan fingerprint density at radius 3 is 2.34 bits per heavy atom. The van der Waals surface area contributed by atoms with E-state index in [1.54, 1.807) is 24.1 Å². The van der Waals surface area contributed by atoms with Crippen LogP contribution >= 0.6 is 35.0 Å². The Bertz CT molecular complexity index is 893. The lowest BCUT2D eigenvalue weighted by Crippen LogP contribution is -2.49. The maximum absolute atomic E-state index is 13.2. The van der Waals surface area contributed by atoms with Gasteiger partial charge in [-0.15, -0.1) is 11.8 Å². The van der Waals surface area contributed by atoms with Gasteiger partial charge in [-0.25, -0.2) is 0 Å². The van der Waals surface area contributed by atoms with Crippen LogP contribution in [0.4, 0.5) is 0 Å². The lowest BCUT2D eigenvalue weighted by Gasteiger charge is -2.30. The Labute approximate surface area is 204 Å². The summed E-state index contributed by atoms with van der Waals surface area (Å²) in [7, 11) is 1.63. The number of rotatable bonds is 12. The van der Waals surface area contributed by atoms with Crippen molar-refractivity contribution in [2.45, 2.75) is 45.0 Å². The number of halogens is 2. The molecule has 0 aromatic heterocycles. The fourth-order valence-corrected chi connectivity index (χ4v) is 4.37. The normalized spacial score (nSPS) is 11.7. The quantitative estimate of drug-likeness (QED) is 0.417. The van der Waals surface area contributed by atoms with Crippen molar-refractivity contribution in [1.82, 2.24) is 10.2 Å². The minimum atomic E-state index is -0.551. The molecule has 0 fully saturated rings. The molecule has 0 heterocycles. The van der Waals surface area contributed by atoms with Gasteiger partial charge in [-0.2, -0.15) is 0 Å². The van der Waals surface area contributed by atoms with Crippen molar-refractivity contribution in [3.63, 3.8) is 0 Å². The van der Waals surface area contributed by atoms with Gasteiger partial charge in [0.25, 0.3) is 0 Å². The van der Waals surface area contributed by atoms with Crippen LogP contribution in [0.1, 0.15) is 37.8 Å². The van der Waals surface area contributed by atoms with E-state index in [1.165, 1.54) is 11.8 Å². The van der Waals surface area contributed by atoms with Crippen molar-refractivity contribution >= 4 is 46.8 Å². The first kappa shape index (κ1) is 26.4. The molecule has 0 unspecified atom stereocenters. The highest BCUT2D eigenvalue weighted by molar-refractivity contribution is 7.99. The molecule has 0 saturated carbocycles. The number of nitrogens with one attached hydrogen (secondary N) is 1. The lowest BCUT2D eigenvalue weighted by molar-refractivity contribution is -0.139. The average Bonchev–Trinajstić information content (AvgIpc) is 2.80. The van der Waals surface area contributed by atoms with Gasteiger partial charge in [0.2, 0.25) is 11.8 Å². The van der Waals surface area contributed by atoms with Crippen LogP contribution in [0, 0.1) is 0 Å². The lowest BCUT2D eigenvalue weighted by atomic mass is 10.1. The van der Waals surface area contributed by atoms with E-state index in [0.717, 1.165) is 23.3 Å². The van der Waals surface area contributed by atoms with Crippen LogP contribution in [0.2, 0.25) is 10.0 Å². The SMILES string of the molecule is CCCNC(=O)[C@H](CC)N(Cc1ccc(Cl)c(Cl)c1)C(=O)CSCc1ccc(OC)cc1. The molecule has 0 aliphatic rings. The minimum absolute atomic E-state index is 0.0897. The maximum Gasteiger partial charge on any atom is 0.242 e. The van der Waals surface area contributed by atoms with Crippen molar-refractivity contribution < 1.29 is 14.3 Å². The van der Waals surface area contributed by atoms with Crippen molar-refractivity contribution in [3.05, 3.63) is 63.6 Å². The second-order valence-electron chi connectivity index (χ2n) is 7.33. The van der Waals surface area contributed by atoms with Crippen LogP contribution in [0.5, 0.6) is 5.75 Å². The highest BCUT2D eigenvalue weighted by Gasteiger charge is 2.28. The topological polar surface area (TPSA) is 58.6 Å². The predicted octanol–water partition coefficient (Wildman–Crippen LogP) is 5.57. The Hall–Kier alpha value is -1.89. The van der Waals surface area contributed by atoms with Gasteiger partial charge in [-0.3, -0.25) is 9.59 Å². The summed E-state index contributed by atoms with van der Waals surface area (Å²) in [5, 5.41) is 3.80. The van der Waals surface area contributed by atoms with Crippen LogP contribution in [-0.2, 0) is 21.9 Å². The predicted molar refractivity (Wildman–Crippen MR) is 134 cm³/mol.